The average Bonchev–Trinajstić information content (AvgIpc) is 2.91. The lowest BCUT2D eigenvalue weighted by Crippen LogP contribution is -2.35. The first kappa shape index (κ1) is 15.9. The Labute approximate surface area is 131 Å². The Kier molecular flexibility index (Phi) is 5.26. The van der Waals surface area contributed by atoms with E-state index in [1.165, 1.54) is 0 Å². The third-order valence-electron chi connectivity index (χ3n) is 3.01. The zero-order valence-electron chi connectivity index (χ0n) is 12.8. The molecule has 0 radical (unpaired) electrons. The molecule has 0 atom stereocenters. The lowest BCUT2D eigenvalue weighted by atomic mass is 10.1. The molecule has 0 aliphatic rings. The number of halogens is 1. The number of nitrogens with one attached hydrogen (secondary N) is 1. The van der Waals surface area contributed by atoms with Gasteiger partial charge in [0.05, 0.1) is 17.9 Å². The van der Waals surface area contributed by atoms with Crippen LogP contribution < -0.4 is 10.1 Å². The van der Waals surface area contributed by atoms with Crippen molar-refractivity contribution in [1.29, 1.82) is 0 Å². The molecule has 2 aromatic rings. The van der Waals surface area contributed by atoms with E-state index in [-0.39, 0.29) is 5.54 Å². The van der Waals surface area contributed by atoms with Gasteiger partial charge in [-0.25, -0.2) is 4.98 Å². The number of imidazole rings is 1. The smallest absolute Gasteiger partial charge is 0.142 e. The molecule has 0 fully saturated rings. The van der Waals surface area contributed by atoms with Crippen LogP contribution in [0.1, 0.15) is 26.3 Å². The number of para-hydroxylation sites is 1. The maximum absolute atomic E-state index is 6.27. The van der Waals surface area contributed by atoms with E-state index in [1.54, 1.807) is 12.5 Å². The average molecular weight is 308 g/mol. The summed E-state index contributed by atoms with van der Waals surface area (Å²) in [7, 11) is 0. The molecule has 1 N–H and O–H groups in total. The summed E-state index contributed by atoms with van der Waals surface area (Å²) in [6.07, 6.45) is 5.45. The van der Waals surface area contributed by atoms with Gasteiger partial charge in [0.2, 0.25) is 0 Å². The molecule has 5 heteroatoms. The van der Waals surface area contributed by atoms with Crippen molar-refractivity contribution in [3.05, 3.63) is 47.5 Å². The van der Waals surface area contributed by atoms with Gasteiger partial charge in [0.1, 0.15) is 12.4 Å². The van der Waals surface area contributed by atoms with Crippen LogP contribution in [-0.4, -0.2) is 21.7 Å². The molecular weight excluding hydrogens is 286 g/mol. The normalized spacial score (nSPS) is 11.6. The van der Waals surface area contributed by atoms with Gasteiger partial charge >= 0.3 is 0 Å². The van der Waals surface area contributed by atoms with E-state index in [9.17, 15) is 0 Å². The Balaban J connectivity index is 1.99. The molecule has 2 rings (SSSR count). The third-order valence-corrected chi connectivity index (χ3v) is 3.31. The SMILES string of the molecule is CC(C)(C)NCc1cccc(Cl)c1OCCn1ccnc1. The van der Waals surface area contributed by atoms with Gasteiger partial charge in [-0.2, -0.15) is 0 Å². The van der Waals surface area contributed by atoms with Gasteiger partial charge in [0.15, 0.2) is 0 Å². The first-order chi connectivity index (χ1) is 9.96. The van der Waals surface area contributed by atoms with Gasteiger partial charge < -0.3 is 14.6 Å². The van der Waals surface area contributed by atoms with Crippen LogP contribution in [-0.2, 0) is 13.1 Å². The predicted molar refractivity (Wildman–Crippen MR) is 85.8 cm³/mol. The highest BCUT2D eigenvalue weighted by molar-refractivity contribution is 6.32. The number of ether oxygens (including phenoxy) is 1. The molecule has 0 saturated carbocycles. The van der Waals surface area contributed by atoms with Gasteiger partial charge in [-0.15, -0.1) is 0 Å². The summed E-state index contributed by atoms with van der Waals surface area (Å²) in [6, 6.07) is 5.84. The molecule has 0 spiro atoms. The van der Waals surface area contributed by atoms with Gasteiger partial charge in [-0.3, -0.25) is 0 Å². The number of rotatable bonds is 6. The Morgan fingerprint density at radius 2 is 2.14 bits per heavy atom. The highest BCUT2D eigenvalue weighted by Gasteiger charge is 2.13. The number of nitrogens with zero attached hydrogens (tertiary/aromatic N) is 2. The molecule has 0 bridgehead atoms. The largest absolute Gasteiger partial charge is 0.490 e. The zero-order chi connectivity index (χ0) is 15.3. The molecule has 4 nitrogen and oxygen atoms in total. The Morgan fingerprint density at radius 3 is 2.81 bits per heavy atom. The zero-order valence-corrected chi connectivity index (χ0v) is 13.5. The second kappa shape index (κ2) is 6.96. The first-order valence-corrected chi connectivity index (χ1v) is 7.44. The molecule has 1 aromatic carbocycles. The Morgan fingerprint density at radius 1 is 1.33 bits per heavy atom. The molecule has 0 aliphatic carbocycles. The summed E-state index contributed by atoms with van der Waals surface area (Å²) in [4.78, 5) is 4.01. The summed E-state index contributed by atoms with van der Waals surface area (Å²) in [5.74, 6) is 0.760. The number of hydrogen-bond donors (Lipinski definition) is 1. The summed E-state index contributed by atoms with van der Waals surface area (Å²) in [6.45, 7) is 8.44. The minimum atomic E-state index is 0.0520. The maximum atomic E-state index is 6.27. The molecule has 0 unspecified atom stereocenters. The van der Waals surface area contributed by atoms with E-state index in [4.69, 9.17) is 16.3 Å². The molecule has 21 heavy (non-hydrogen) atoms. The summed E-state index contributed by atoms with van der Waals surface area (Å²) in [5, 5.41) is 4.10. The van der Waals surface area contributed by atoms with Crippen molar-refractivity contribution in [3.63, 3.8) is 0 Å². The fraction of sp³-hybridized carbons (Fsp3) is 0.438. The van der Waals surface area contributed by atoms with Crippen LogP contribution in [0.15, 0.2) is 36.9 Å². The second-order valence-corrected chi connectivity index (χ2v) is 6.39. The third kappa shape index (κ3) is 5.06. The molecule has 0 aliphatic heterocycles. The fourth-order valence-electron chi connectivity index (χ4n) is 1.89. The van der Waals surface area contributed by atoms with Gasteiger partial charge in [0, 0.05) is 30.0 Å². The fourth-order valence-corrected chi connectivity index (χ4v) is 2.14. The maximum Gasteiger partial charge on any atom is 0.142 e. The van der Waals surface area contributed by atoms with E-state index in [0.29, 0.717) is 11.6 Å². The molecule has 1 heterocycles. The van der Waals surface area contributed by atoms with Gasteiger partial charge in [-0.1, -0.05) is 23.7 Å². The van der Waals surface area contributed by atoms with Gasteiger partial charge in [-0.05, 0) is 26.8 Å². The number of benzene rings is 1. The summed E-state index contributed by atoms with van der Waals surface area (Å²) in [5.41, 5.74) is 1.12. The van der Waals surface area contributed by atoms with Gasteiger partial charge in [0.25, 0.3) is 0 Å². The van der Waals surface area contributed by atoms with E-state index < -0.39 is 0 Å². The topological polar surface area (TPSA) is 39.1 Å². The summed E-state index contributed by atoms with van der Waals surface area (Å²) >= 11 is 6.27. The van der Waals surface area contributed by atoms with Crippen LogP contribution in [0.2, 0.25) is 5.02 Å². The molecular formula is C16H22ClN3O. The van der Waals surface area contributed by atoms with E-state index >= 15 is 0 Å². The van der Waals surface area contributed by atoms with Crippen molar-refractivity contribution in [2.75, 3.05) is 6.61 Å². The lowest BCUT2D eigenvalue weighted by Gasteiger charge is -2.22. The number of aromatic nitrogens is 2. The van der Waals surface area contributed by atoms with Crippen molar-refractivity contribution in [1.82, 2.24) is 14.9 Å². The monoisotopic (exact) mass is 307 g/mol. The van der Waals surface area contributed by atoms with Crippen molar-refractivity contribution in [2.45, 2.75) is 39.4 Å². The standard InChI is InChI=1S/C16H22ClN3O/c1-16(2,3)19-11-13-5-4-6-14(17)15(13)21-10-9-20-8-7-18-12-20/h4-8,12,19H,9-11H2,1-3H3. The van der Waals surface area contributed by atoms with Crippen LogP contribution in [0.4, 0.5) is 0 Å². The van der Waals surface area contributed by atoms with Crippen LogP contribution >= 0.6 is 11.6 Å². The lowest BCUT2D eigenvalue weighted by molar-refractivity contribution is 0.293. The van der Waals surface area contributed by atoms with E-state index in [2.05, 4.69) is 31.1 Å². The minimum Gasteiger partial charge on any atom is -0.490 e. The Bertz CT molecular complexity index is 561. The van der Waals surface area contributed by atoms with Crippen molar-refractivity contribution >= 4 is 11.6 Å². The highest BCUT2D eigenvalue weighted by atomic mass is 35.5. The highest BCUT2D eigenvalue weighted by Crippen LogP contribution is 2.29. The Hall–Kier alpha value is -1.52. The molecule has 1 aromatic heterocycles. The van der Waals surface area contributed by atoms with Crippen LogP contribution in [0.25, 0.3) is 0 Å². The molecule has 114 valence electrons. The quantitative estimate of drug-likeness (QED) is 0.887. The predicted octanol–water partition coefficient (Wildman–Crippen LogP) is 3.50. The molecule has 0 saturated heterocycles. The first-order valence-electron chi connectivity index (χ1n) is 7.07. The second-order valence-electron chi connectivity index (χ2n) is 5.98. The van der Waals surface area contributed by atoms with E-state index in [0.717, 1.165) is 24.4 Å². The van der Waals surface area contributed by atoms with E-state index in [1.807, 2.05) is 29.0 Å². The minimum absolute atomic E-state index is 0.0520. The summed E-state index contributed by atoms with van der Waals surface area (Å²) < 4.78 is 7.86. The van der Waals surface area contributed by atoms with Crippen LogP contribution in [0.5, 0.6) is 5.75 Å². The number of hydrogen-bond acceptors (Lipinski definition) is 3. The van der Waals surface area contributed by atoms with Crippen LogP contribution in [0, 0.1) is 0 Å². The van der Waals surface area contributed by atoms with Crippen molar-refractivity contribution in [2.24, 2.45) is 0 Å². The molecule has 0 amide bonds. The van der Waals surface area contributed by atoms with Crippen molar-refractivity contribution < 1.29 is 4.74 Å². The van der Waals surface area contributed by atoms with Crippen LogP contribution in [0.3, 0.4) is 0 Å². The van der Waals surface area contributed by atoms with Crippen molar-refractivity contribution in [3.8, 4) is 5.75 Å².